The van der Waals surface area contributed by atoms with Crippen molar-refractivity contribution in [3.8, 4) is 11.4 Å². The van der Waals surface area contributed by atoms with Gasteiger partial charge in [-0.15, -0.1) is 10.2 Å². The monoisotopic (exact) mass is 389 g/mol. The number of aromatic nitrogens is 4. The molecule has 2 heterocycles. The van der Waals surface area contributed by atoms with E-state index in [0.29, 0.717) is 17.0 Å². The van der Waals surface area contributed by atoms with Crippen LogP contribution in [0.4, 0.5) is 10.5 Å². The van der Waals surface area contributed by atoms with E-state index in [1.165, 1.54) is 6.07 Å². The van der Waals surface area contributed by atoms with Crippen LogP contribution >= 0.6 is 0 Å². The lowest BCUT2D eigenvalue weighted by Gasteiger charge is -2.12. The molecule has 0 atom stereocenters. The number of nitrogens with one attached hydrogen (secondary N) is 1. The van der Waals surface area contributed by atoms with Crippen LogP contribution in [0.2, 0.25) is 0 Å². The number of nitrogens with zero attached hydrogens (tertiary/aromatic N) is 4. The Morgan fingerprint density at radius 3 is 2.45 bits per heavy atom. The van der Waals surface area contributed by atoms with E-state index in [1.54, 1.807) is 53.4 Å². The standard InChI is InChI=1S/C20H15N5O4/c1-24-11-21-23-18(24)12-6-8-13(9-7-12)22-20(29)25-10-15(19(27)28)17(26)14-4-2-3-5-16(14)25/h2-11H,1H3,(H,22,29)(H,27,28). The maximum absolute atomic E-state index is 12.8. The molecule has 0 spiro atoms. The van der Waals surface area contributed by atoms with Crippen LogP contribution in [-0.2, 0) is 7.05 Å². The fraction of sp³-hybridized carbons (Fsp3) is 0.0500. The van der Waals surface area contributed by atoms with Crippen LogP contribution in [0.3, 0.4) is 0 Å². The van der Waals surface area contributed by atoms with Gasteiger partial charge >= 0.3 is 12.0 Å². The number of carbonyl (C=O) groups excluding carboxylic acids is 1. The van der Waals surface area contributed by atoms with Crippen LogP contribution in [0, 0.1) is 0 Å². The number of carboxylic acids is 1. The fourth-order valence-corrected chi connectivity index (χ4v) is 3.03. The Morgan fingerprint density at radius 1 is 1.07 bits per heavy atom. The largest absolute Gasteiger partial charge is 0.477 e. The van der Waals surface area contributed by atoms with E-state index in [2.05, 4.69) is 15.5 Å². The normalized spacial score (nSPS) is 10.8. The zero-order valence-corrected chi connectivity index (χ0v) is 15.2. The maximum Gasteiger partial charge on any atom is 0.341 e. The highest BCUT2D eigenvalue weighted by atomic mass is 16.4. The second kappa shape index (κ2) is 7.04. The molecule has 2 aromatic heterocycles. The molecule has 4 rings (SSSR count). The van der Waals surface area contributed by atoms with E-state index < -0.39 is 23.0 Å². The van der Waals surface area contributed by atoms with Crippen molar-refractivity contribution >= 4 is 28.6 Å². The molecule has 2 aromatic carbocycles. The molecule has 0 aliphatic carbocycles. The number of carbonyl (C=O) groups is 2. The van der Waals surface area contributed by atoms with Crippen molar-refractivity contribution in [3.63, 3.8) is 0 Å². The van der Waals surface area contributed by atoms with Gasteiger partial charge < -0.3 is 15.0 Å². The highest BCUT2D eigenvalue weighted by Crippen LogP contribution is 2.19. The molecule has 0 aliphatic rings. The van der Waals surface area contributed by atoms with Crippen molar-refractivity contribution in [1.29, 1.82) is 0 Å². The first kappa shape index (κ1) is 18.1. The topological polar surface area (TPSA) is 119 Å². The minimum Gasteiger partial charge on any atom is -0.477 e. The molecular weight excluding hydrogens is 374 g/mol. The molecule has 0 bridgehead atoms. The molecule has 0 saturated heterocycles. The number of aryl methyl sites for hydroxylation is 1. The Kier molecular flexibility index (Phi) is 4.40. The van der Waals surface area contributed by atoms with Gasteiger partial charge in [-0.2, -0.15) is 0 Å². The first-order valence-electron chi connectivity index (χ1n) is 8.59. The number of para-hydroxylation sites is 1. The van der Waals surface area contributed by atoms with Gasteiger partial charge in [-0.25, -0.2) is 9.59 Å². The van der Waals surface area contributed by atoms with E-state index in [9.17, 15) is 19.5 Å². The Labute approximate surface area is 163 Å². The lowest BCUT2D eigenvalue weighted by atomic mass is 10.1. The molecule has 144 valence electrons. The van der Waals surface area contributed by atoms with Crippen LogP contribution in [0.25, 0.3) is 22.3 Å². The molecular formula is C20H15N5O4. The first-order valence-corrected chi connectivity index (χ1v) is 8.59. The summed E-state index contributed by atoms with van der Waals surface area (Å²) in [6, 6.07) is 12.7. The van der Waals surface area contributed by atoms with Gasteiger partial charge in [0.2, 0.25) is 5.43 Å². The predicted octanol–water partition coefficient (Wildman–Crippen LogP) is 2.58. The Hall–Kier alpha value is -4.27. The fourth-order valence-electron chi connectivity index (χ4n) is 3.03. The minimum atomic E-state index is -1.39. The number of hydrogen-bond donors (Lipinski definition) is 2. The summed E-state index contributed by atoms with van der Waals surface area (Å²) in [4.78, 5) is 36.6. The minimum absolute atomic E-state index is 0.153. The third-order valence-electron chi connectivity index (χ3n) is 4.47. The number of amides is 1. The summed E-state index contributed by atoms with van der Waals surface area (Å²) in [5.74, 6) is -0.712. The van der Waals surface area contributed by atoms with Crippen LogP contribution in [0.15, 0.2) is 65.8 Å². The van der Waals surface area contributed by atoms with E-state index in [0.717, 1.165) is 16.3 Å². The highest BCUT2D eigenvalue weighted by Gasteiger charge is 2.17. The number of pyridine rings is 1. The number of carboxylic acid groups (broad SMARTS) is 1. The van der Waals surface area contributed by atoms with Crippen LogP contribution < -0.4 is 10.7 Å². The van der Waals surface area contributed by atoms with Crippen LogP contribution in [0.1, 0.15) is 10.4 Å². The van der Waals surface area contributed by atoms with Crippen molar-refractivity contribution in [1.82, 2.24) is 19.3 Å². The third-order valence-corrected chi connectivity index (χ3v) is 4.47. The highest BCUT2D eigenvalue weighted by molar-refractivity contribution is 6.00. The van der Waals surface area contributed by atoms with Crippen molar-refractivity contribution in [2.45, 2.75) is 0 Å². The Balaban J connectivity index is 1.69. The van der Waals surface area contributed by atoms with Crippen molar-refractivity contribution < 1.29 is 14.7 Å². The molecule has 1 amide bonds. The zero-order valence-electron chi connectivity index (χ0n) is 15.2. The quantitative estimate of drug-likeness (QED) is 0.556. The van der Waals surface area contributed by atoms with Crippen molar-refractivity contribution in [3.05, 3.63) is 76.8 Å². The van der Waals surface area contributed by atoms with Gasteiger partial charge in [0.1, 0.15) is 11.9 Å². The zero-order chi connectivity index (χ0) is 20.5. The van der Waals surface area contributed by atoms with Gasteiger partial charge in [0.25, 0.3) is 0 Å². The lowest BCUT2D eigenvalue weighted by molar-refractivity contribution is 0.0695. The van der Waals surface area contributed by atoms with E-state index in [1.807, 2.05) is 7.05 Å². The number of aromatic carboxylic acids is 1. The molecule has 0 radical (unpaired) electrons. The van der Waals surface area contributed by atoms with Gasteiger partial charge in [0.05, 0.1) is 5.52 Å². The molecule has 4 aromatic rings. The summed E-state index contributed by atoms with van der Waals surface area (Å²) >= 11 is 0. The van der Waals surface area contributed by atoms with Gasteiger partial charge in [-0.3, -0.25) is 9.36 Å². The summed E-state index contributed by atoms with van der Waals surface area (Å²) in [5.41, 5.74) is 0.530. The predicted molar refractivity (Wildman–Crippen MR) is 106 cm³/mol. The summed E-state index contributed by atoms with van der Waals surface area (Å²) in [6.45, 7) is 0. The molecule has 2 N–H and O–H groups in total. The molecule has 0 unspecified atom stereocenters. The molecule has 0 saturated carbocycles. The van der Waals surface area contributed by atoms with Gasteiger partial charge in [-0.1, -0.05) is 12.1 Å². The average Bonchev–Trinajstić information content (AvgIpc) is 3.14. The van der Waals surface area contributed by atoms with Crippen LogP contribution in [0.5, 0.6) is 0 Å². The first-order chi connectivity index (χ1) is 14.0. The number of anilines is 1. The molecule has 9 nitrogen and oxygen atoms in total. The summed E-state index contributed by atoms with van der Waals surface area (Å²) < 4.78 is 2.89. The maximum atomic E-state index is 12.8. The summed E-state index contributed by atoms with van der Waals surface area (Å²) in [7, 11) is 1.83. The van der Waals surface area contributed by atoms with E-state index in [4.69, 9.17) is 0 Å². The third kappa shape index (κ3) is 3.25. The summed E-state index contributed by atoms with van der Waals surface area (Å²) in [6.07, 6.45) is 2.63. The average molecular weight is 389 g/mol. The smallest absolute Gasteiger partial charge is 0.341 e. The van der Waals surface area contributed by atoms with E-state index in [-0.39, 0.29) is 5.39 Å². The number of rotatable bonds is 3. The van der Waals surface area contributed by atoms with Gasteiger partial charge in [0, 0.05) is 29.9 Å². The van der Waals surface area contributed by atoms with Crippen LogP contribution in [-0.4, -0.2) is 36.4 Å². The number of hydrogen-bond acceptors (Lipinski definition) is 5. The molecule has 29 heavy (non-hydrogen) atoms. The molecule has 9 heteroatoms. The lowest BCUT2D eigenvalue weighted by Crippen LogP contribution is -2.25. The second-order valence-electron chi connectivity index (χ2n) is 6.34. The molecule has 0 fully saturated rings. The second-order valence-corrected chi connectivity index (χ2v) is 6.34. The van der Waals surface area contributed by atoms with E-state index >= 15 is 0 Å². The van der Waals surface area contributed by atoms with Crippen molar-refractivity contribution in [2.75, 3.05) is 5.32 Å². The van der Waals surface area contributed by atoms with Crippen molar-refractivity contribution in [2.24, 2.45) is 7.05 Å². The van der Waals surface area contributed by atoms with Gasteiger partial charge in [-0.05, 0) is 36.4 Å². The number of benzene rings is 2. The Morgan fingerprint density at radius 2 is 1.79 bits per heavy atom. The number of fused-ring (bicyclic) bond motifs is 1. The molecule has 0 aliphatic heterocycles. The van der Waals surface area contributed by atoms with Gasteiger partial charge in [0.15, 0.2) is 5.82 Å². The SMILES string of the molecule is Cn1cnnc1-c1ccc(NC(=O)n2cc(C(=O)O)c(=O)c3ccccc32)cc1. The summed E-state index contributed by atoms with van der Waals surface area (Å²) in [5, 5.41) is 20.0. The Bertz CT molecular complexity index is 1300.